The van der Waals surface area contributed by atoms with Crippen molar-refractivity contribution in [1.29, 1.82) is 0 Å². The summed E-state index contributed by atoms with van der Waals surface area (Å²) in [6.45, 7) is 1.30. The second-order valence-corrected chi connectivity index (χ2v) is 6.25. The van der Waals surface area contributed by atoms with Crippen LogP contribution in [0.1, 0.15) is 22.8 Å². The minimum atomic E-state index is -0.709. The largest absolute Gasteiger partial charge is 0.346 e. The fourth-order valence-corrected chi connectivity index (χ4v) is 2.48. The molecular weight excluding hydrogens is 354 g/mol. The van der Waals surface area contributed by atoms with Gasteiger partial charge in [-0.3, -0.25) is 14.4 Å². The van der Waals surface area contributed by atoms with Crippen molar-refractivity contribution in [3.8, 4) is 0 Å². The molecule has 2 amide bonds. The summed E-state index contributed by atoms with van der Waals surface area (Å²) in [6, 6.07) is 12.7. The van der Waals surface area contributed by atoms with Gasteiger partial charge in [0.1, 0.15) is 0 Å². The van der Waals surface area contributed by atoms with Gasteiger partial charge in [-0.25, -0.2) is 0 Å². The Morgan fingerprint density at radius 2 is 1.81 bits per heavy atom. The molecule has 0 fully saturated rings. The van der Waals surface area contributed by atoms with Crippen molar-refractivity contribution in [3.63, 3.8) is 0 Å². The second kappa shape index (κ2) is 8.60. The predicted molar refractivity (Wildman–Crippen MR) is 101 cm³/mol. The van der Waals surface area contributed by atoms with E-state index in [0.717, 1.165) is 0 Å². The molecule has 0 heterocycles. The number of hydrogen-bond acceptors (Lipinski definition) is 4. The van der Waals surface area contributed by atoms with Crippen molar-refractivity contribution in [2.75, 3.05) is 18.5 Å². The Morgan fingerprint density at radius 3 is 2.42 bits per heavy atom. The SMILES string of the molecule is C[C@H](N)C(=O)NCC(=O)N(C)c1ccc(Cl)cc1C(=O)c1ccccc1. The van der Waals surface area contributed by atoms with E-state index in [1.807, 2.05) is 6.07 Å². The number of rotatable bonds is 6. The van der Waals surface area contributed by atoms with E-state index >= 15 is 0 Å². The van der Waals surface area contributed by atoms with E-state index in [-0.39, 0.29) is 18.2 Å². The van der Waals surface area contributed by atoms with Crippen LogP contribution in [0.25, 0.3) is 0 Å². The molecule has 2 rings (SSSR count). The van der Waals surface area contributed by atoms with Gasteiger partial charge in [0.2, 0.25) is 11.8 Å². The maximum atomic E-state index is 12.8. The standard InChI is InChI=1S/C19H20ClN3O3/c1-12(21)19(26)22-11-17(24)23(2)16-9-8-14(20)10-15(16)18(25)13-6-4-3-5-7-13/h3-10,12H,11,21H2,1-2H3,(H,22,26)/t12-/m0/s1. The molecule has 136 valence electrons. The molecule has 0 aliphatic carbocycles. The van der Waals surface area contributed by atoms with Gasteiger partial charge in [0, 0.05) is 23.2 Å². The highest BCUT2D eigenvalue weighted by Crippen LogP contribution is 2.26. The number of anilines is 1. The highest BCUT2D eigenvalue weighted by molar-refractivity contribution is 6.31. The monoisotopic (exact) mass is 373 g/mol. The Balaban J connectivity index is 2.27. The first-order valence-corrected chi connectivity index (χ1v) is 8.38. The Labute approximate surface area is 156 Å². The van der Waals surface area contributed by atoms with Gasteiger partial charge in [0.25, 0.3) is 0 Å². The van der Waals surface area contributed by atoms with E-state index in [4.69, 9.17) is 17.3 Å². The van der Waals surface area contributed by atoms with Crippen LogP contribution in [-0.4, -0.2) is 37.2 Å². The molecular formula is C19H20ClN3O3. The third-order valence-corrected chi connectivity index (χ3v) is 4.04. The lowest BCUT2D eigenvalue weighted by Gasteiger charge is -2.21. The summed E-state index contributed by atoms with van der Waals surface area (Å²) in [5.74, 6) is -1.06. The smallest absolute Gasteiger partial charge is 0.246 e. The average molecular weight is 374 g/mol. The van der Waals surface area contributed by atoms with Crippen LogP contribution in [0.3, 0.4) is 0 Å². The van der Waals surface area contributed by atoms with Crippen molar-refractivity contribution in [3.05, 3.63) is 64.7 Å². The lowest BCUT2D eigenvalue weighted by Crippen LogP contribution is -2.44. The van der Waals surface area contributed by atoms with Crippen LogP contribution in [-0.2, 0) is 9.59 Å². The zero-order valence-electron chi connectivity index (χ0n) is 14.5. The van der Waals surface area contributed by atoms with Crippen LogP contribution in [0.5, 0.6) is 0 Å². The van der Waals surface area contributed by atoms with Crippen LogP contribution in [0.4, 0.5) is 5.69 Å². The minimum absolute atomic E-state index is 0.224. The van der Waals surface area contributed by atoms with Crippen molar-refractivity contribution in [2.24, 2.45) is 5.73 Å². The highest BCUT2D eigenvalue weighted by Gasteiger charge is 2.21. The molecule has 0 unspecified atom stereocenters. The van der Waals surface area contributed by atoms with Crippen LogP contribution < -0.4 is 16.0 Å². The number of benzene rings is 2. The number of nitrogens with one attached hydrogen (secondary N) is 1. The molecule has 0 saturated carbocycles. The third-order valence-electron chi connectivity index (χ3n) is 3.80. The molecule has 7 heteroatoms. The summed E-state index contributed by atoms with van der Waals surface area (Å²) < 4.78 is 0. The Kier molecular flexibility index (Phi) is 6.49. The van der Waals surface area contributed by atoms with E-state index in [2.05, 4.69) is 5.32 Å². The van der Waals surface area contributed by atoms with Crippen molar-refractivity contribution in [2.45, 2.75) is 13.0 Å². The first-order valence-electron chi connectivity index (χ1n) is 8.00. The Hall–Kier alpha value is -2.70. The molecule has 0 radical (unpaired) electrons. The minimum Gasteiger partial charge on any atom is -0.346 e. The molecule has 2 aromatic rings. The predicted octanol–water partition coefficient (Wildman–Crippen LogP) is 2.00. The Bertz CT molecular complexity index is 822. The van der Waals surface area contributed by atoms with Gasteiger partial charge in [-0.1, -0.05) is 41.9 Å². The van der Waals surface area contributed by atoms with Gasteiger partial charge in [-0.05, 0) is 25.1 Å². The number of hydrogen-bond donors (Lipinski definition) is 2. The van der Waals surface area contributed by atoms with E-state index in [1.165, 1.54) is 24.9 Å². The van der Waals surface area contributed by atoms with Crippen LogP contribution in [0.15, 0.2) is 48.5 Å². The van der Waals surface area contributed by atoms with Gasteiger partial charge in [-0.2, -0.15) is 0 Å². The first kappa shape index (κ1) is 19.6. The van der Waals surface area contributed by atoms with Gasteiger partial charge < -0.3 is 16.0 Å². The maximum absolute atomic E-state index is 12.8. The molecule has 2 aromatic carbocycles. The zero-order valence-corrected chi connectivity index (χ0v) is 15.3. The van der Waals surface area contributed by atoms with Crippen molar-refractivity contribution in [1.82, 2.24) is 5.32 Å². The van der Waals surface area contributed by atoms with Gasteiger partial charge >= 0.3 is 0 Å². The van der Waals surface area contributed by atoms with Crippen molar-refractivity contribution >= 4 is 34.9 Å². The second-order valence-electron chi connectivity index (χ2n) is 5.82. The summed E-state index contributed by atoms with van der Waals surface area (Å²) in [5, 5.41) is 2.85. The molecule has 0 aliphatic rings. The van der Waals surface area contributed by atoms with Crippen LogP contribution >= 0.6 is 11.6 Å². The number of carbonyl (C=O) groups is 3. The van der Waals surface area contributed by atoms with Crippen LogP contribution in [0, 0.1) is 0 Å². The van der Waals surface area contributed by atoms with Gasteiger partial charge in [0.15, 0.2) is 5.78 Å². The zero-order chi connectivity index (χ0) is 19.3. The highest BCUT2D eigenvalue weighted by atomic mass is 35.5. The molecule has 3 N–H and O–H groups in total. The topological polar surface area (TPSA) is 92.5 Å². The number of ketones is 1. The van der Waals surface area contributed by atoms with Crippen LogP contribution in [0.2, 0.25) is 5.02 Å². The number of carbonyl (C=O) groups excluding carboxylic acids is 3. The number of nitrogens with zero attached hydrogens (tertiary/aromatic N) is 1. The molecule has 26 heavy (non-hydrogen) atoms. The van der Waals surface area contributed by atoms with Gasteiger partial charge in [-0.15, -0.1) is 0 Å². The van der Waals surface area contributed by atoms with E-state index in [1.54, 1.807) is 36.4 Å². The normalized spacial score (nSPS) is 11.5. The summed E-state index contributed by atoms with van der Waals surface area (Å²) in [5.41, 5.74) is 6.66. The first-order chi connectivity index (χ1) is 12.3. The quantitative estimate of drug-likeness (QED) is 0.757. The molecule has 0 aromatic heterocycles. The lowest BCUT2D eigenvalue weighted by molar-refractivity contribution is -0.125. The summed E-state index contributed by atoms with van der Waals surface area (Å²) in [4.78, 5) is 38.1. The number of halogens is 1. The van der Waals surface area contributed by atoms with Crippen molar-refractivity contribution < 1.29 is 14.4 Å². The maximum Gasteiger partial charge on any atom is 0.246 e. The average Bonchev–Trinajstić information content (AvgIpc) is 2.65. The number of nitrogens with two attached hydrogens (primary N) is 1. The molecule has 0 saturated heterocycles. The number of amides is 2. The molecule has 6 nitrogen and oxygen atoms in total. The van der Waals surface area contributed by atoms with E-state index < -0.39 is 11.9 Å². The van der Waals surface area contributed by atoms with Gasteiger partial charge in [0.05, 0.1) is 18.3 Å². The van der Waals surface area contributed by atoms with E-state index in [0.29, 0.717) is 21.8 Å². The fraction of sp³-hybridized carbons (Fsp3) is 0.211. The summed E-state index contributed by atoms with van der Waals surface area (Å²) in [7, 11) is 1.53. The Morgan fingerprint density at radius 1 is 1.15 bits per heavy atom. The molecule has 0 aliphatic heterocycles. The fourth-order valence-electron chi connectivity index (χ4n) is 2.30. The van der Waals surface area contributed by atoms with E-state index in [9.17, 15) is 14.4 Å². The lowest BCUT2D eigenvalue weighted by atomic mass is 10.0. The number of likely N-dealkylation sites (N-methyl/N-ethyl adjacent to an activating group) is 1. The third kappa shape index (κ3) is 4.68. The molecule has 0 bridgehead atoms. The summed E-state index contributed by atoms with van der Waals surface area (Å²) in [6.07, 6.45) is 0. The molecule has 1 atom stereocenters. The summed E-state index contributed by atoms with van der Waals surface area (Å²) >= 11 is 6.04. The molecule has 0 spiro atoms.